The van der Waals surface area contributed by atoms with Crippen LogP contribution in [-0.2, 0) is 0 Å². The van der Waals surface area contributed by atoms with Gasteiger partial charge in [0.1, 0.15) is 0 Å². The van der Waals surface area contributed by atoms with E-state index in [1.807, 2.05) is 0 Å². The maximum atomic E-state index is 9.50. The quantitative estimate of drug-likeness (QED) is 0.229. The van der Waals surface area contributed by atoms with Gasteiger partial charge in [0, 0.05) is 18.8 Å². The van der Waals surface area contributed by atoms with E-state index in [1.165, 1.54) is 0 Å². The number of nitrogens with zero attached hydrogens (tertiary/aromatic N) is 1. The molecule has 0 amide bonds. The fraction of sp³-hybridized carbons (Fsp3) is 1.00. The summed E-state index contributed by atoms with van der Waals surface area (Å²) in [7, 11) is 0. The van der Waals surface area contributed by atoms with Crippen LogP contribution in [0, 0.1) is 10.1 Å². The minimum Gasteiger partial charge on any atom is -1.00 e. The summed E-state index contributed by atoms with van der Waals surface area (Å²) in [6.45, 7) is 3.08. The van der Waals surface area contributed by atoms with Crippen molar-refractivity contribution in [1.82, 2.24) is 0 Å². The van der Waals surface area contributed by atoms with Gasteiger partial charge in [-0.15, -0.1) is 0 Å². The molecule has 0 radical (unpaired) electrons. The second kappa shape index (κ2) is 5.18. The molecule has 3 nitrogen and oxygen atoms in total. The molecule has 4 heteroatoms. The van der Waals surface area contributed by atoms with Crippen molar-refractivity contribution in [3.8, 4) is 0 Å². The predicted octanol–water partition coefficient (Wildman–Crippen LogP) is -2.21. The Labute approximate surface area is 86.5 Å². The topological polar surface area (TPSA) is 43.1 Å². The van der Waals surface area contributed by atoms with Gasteiger partial charge in [0.2, 0.25) is 6.04 Å². The van der Waals surface area contributed by atoms with Crippen molar-refractivity contribution in [2.75, 3.05) is 0 Å². The van der Waals surface area contributed by atoms with Crippen LogP contribution in [0.1, 0.15) is 15.3 Å². The first-order chi connectivity index (χ1) is 2.64. The molecule has 0 atom stereocenters. The van der Waals surface area contributed by atoms with Crippen LogP contribution in [0.15, 0.2) is 0 Å². The van der Waals surface area contributed by atoms with Crippen LogP contribution in [0.5, 0.6) is 0 Å². The summed E-state index contributed by atoms with van der Waals surface area (Å²) in [6, 6.07) is -0.426. The molecular formula is C3H8KNO2. The van der Waals surface area contributed by atoms with Crippen LogP contribution in [0.3, 0.4) is 0 Å². The van der Waals surface area contributed by atoms with Crippen LogP contribution in [0.25, 0.3) is 0 Å². The molecule has 0 bridgehead atoms. The van der Waals surface area contributed by atoms with E-state index in [0.29, 0.717) is 0 Å². The summed E-state index contributed by atoms with van der Waals surface area (Å²) in [5, 5.41) is 9.50. The van der Waals surface area contributed by atoms with Crippen molar-refractivity contribution in [2.45, 2.75) is 19.9 Å². The molecular weight excluding hydrogens is 121 g/mol. The zero-order chi connectivity index (χ0) is 5.15. The molecule has 0 aliphatic rings. The van der Waals surface area contributed by atoms with Crippen LogP contribution < -0.4 is 51.4 Å². The molecule has 0 rings (SSSR count). The second-order valence-corrected chi connectivity index (χ2v) is 1.38. The number of nitro groups is 1. The zero-order valence-electron chi connectivity index (χ0n) is 5.84. The first-order valence-corrected chi connectivity index (χ1v) is 1.78. The maximum absolute atomic E-state index is 9.50. The van der Waals surface area contributed by atoms with Crippen molar-refractivity contribution in [2.24, 2.45) is 0 Å². The smallest absolute Gasteiger partial charge is 1.00 e. The van der Waals surface area contributed by atoms with Gasteiger partial charge >= 0.3 is 51.4 Å². The average Bonchev–Trinajstić information content (AvgIpc) is 1.36. The summed E-state index contributed by atoms with van der Waals surface area (Å²) < 4.78 is 0. The van der Waals surface area contributed by atoms with Gasteiger partial charge in [-0.1, -0.05) is 0 Å². The van der Waals surface area contributed by atoms with E-state index in [4.69, 9.17) is 0 Å². The molecule has 0 aromatic rings. The Morgan fingerprint density at radius 1 is 1.71 bits per heavy atom. The first kappa shape index (κ1) is 10.9. The van der Waals surface area contributed by atoms with Crippen molar-refractivity contribution >= 4 is 0 Å². The van der Waals surface area contributed by atoms with Crippen LogP contribution in [0.4, 0.5) is 0 Å². The Bertz CT molecular complexity index is 68.3. The summed E-state index contributed by atoms with van der Waals surface area (Å²) in [6.07, 6.45) is 0. The second-order valence-electron chi connectivity index (χ2n) is 1.38. The molecule has 0 spiro atoms. The monoisotopic (exact) mass is 129 g/mol. The molecule has 0 saturated heterocycles. The minimum atomic E-state index is -0.426. The largest absolute Gasteiger partial charge is 1.00 e. The number of hydrogen-bond donors (Lipinski definition) is 0. The van der Waals surface area contributed by atoms with Crippen LogP contribution in [0.2, 0.25) is 0 Å². The van der Waals surface area contributed by atoms with Gasteiger partial charge in [0.25, 0.3) is 0 Å². The standard InChI is InChI=1S/C3H7NO2.K.H/c1-3(2)4(5)6;;/h3H,1-2H3;;/q;+1;-1. The van der Waals surface area contributed by atoms with Crippen molar-refractivity contribution in [1.29, 1.82) is 0 Å². The van der Waals surface area contributed by atoms with E-state index in [9.17, 15) is 10.1 Å². The summed E-state index contributed by atoms with van der Waals surface area (Å²) in [4.78, 5) is 9.17. The Hall–Kier alpha value is 1.04. The minimum absolute atomic E-state index is 0. The van der Waals surface area contributed by atoms with Crippen LogP contribution in [-0.4, -0.2) is 11.0 Å². The van der Waals surface area contributed by atoms with Crippen LogP contribution >= 0.6 is 0 Å². The summed E-state index contributed by atoms with van der Waals surface area (Å²) >= 11 is 0. The fourth-order valence-electron chi connectivity index (χ4n) is 0. The van der Waals surface area contributed by atoms with E-state index in [2.05, 4.69) is 0 Å². The molecule has 0 aliphatic carbocycles. The molecule has 0 N–H and O–H groups in total. The fourth-order valence-corrected chi connectivity index (χ4v) is 0. The molecule has 0 fully saturated rings. The van der Waals surface area contributed by atoms with Gasteiger partial charge in [0.05, 0.1) is 0 Å². The van der Waals surface area contributed by atoms with E-state index in [-0.39, 0.29) is 57.7 Å². The van der Waals surface area contributed by atoms with E-state index in [1.54, 1.807) is 13.8 Å². The maximum Gasteiger partial charge on any atom is 1.00 e. The molecule has 0 aromatic heterocycles. The SMILES string of the molecule is CC(C)[N+](=O)[O-].[H-].[K+]. The van der Waals surface area contributed by atoms with Crippen molar-refractivity contribution in [3.05, 3.63) is 10.1 Å². The summed E-state index contributed by atoms with van der Waals surface area (Å²) in [5.74, 6) is 0. The Balaban J connectivity index is -0.000000125. The van der Waals surface area contributed by atoms with Gasteiger partial charge in [0.15, 0.2) is 0 Å². The Morgan fingerprint density at radius 2 is 1.86 bits per heavy atom. The Morgan fingerprint density at radius 3 is 1.86 bits per heavy atom. The van der Waals surface area contributed by atoms with Gasteiger partial charge in [-0.05, 0) is 0 Å². The third kappa shape index (κ3) is 7.04. The molecule has 0 aromatic carbocycles. The third-order valence-electron chi connectivity index (χ3n) is 0.422. The molecule has 0 heterocycles. The number of hydrogen-bond acceptors (Lipinski definition) is 2. The molecule has 0 aliphatic heterocycles. The number of rotatable bonds is 1. The van der Waals surface area contributed by atoms with Crippen molar-refractivity contribution in [3.63, 3.8) is 0 Å². The molecule has 38 valence electrons. The summed E-state index contributed by atoms with van der Waals surface area (Å²) in [5.41, 5.74) is 0. The van der Waals surface area contributed by atoms with Gasteiger partial charge < -0.3 is 1.43 Å². The van der Waals surface area contributed by atoms with E-state index < -0.39 is 6.04 Å². The van der Waals surface area contributed by atoms with E-state index in [0.717, 1.165) is 0 Å². The van der Waals surface area contributed by atoms with Gasteiger partial charge in [-0.2, -0.15) is 0 Å². The zero-order valence-corrected chi connectivity index (χ0v) is 7.96. The molecule has 0 saturated carbocycles. The molecule has 7 heavy (non-hydrogen) atoms. The average molecular weight is 129 g/mol. The first-order valence-electron chi connectivity index (χ1n) is 1.78. The predicted molar refractivity (Wildman–Crippen MR) is 23.2 cm³/mol. The molecule has 0 unspecified atom stereocenters. The normalized spacial score (nSPS) is 7.86. The van der Waals surface area contributed by atoms with E-state index >= 15 is 0 Å². The van der Waals surface area contributed by atoms with Crippen molar-refractivity contribution < 1.29 is 57.7 Å². The van der Waals surface area contributed by atoms with Gasteiger partial charge in [-0.3, -0.25) is 10.1 Å². The van der Waals surface area contributed by atoms with Gasteiger partial charge in [-0.25, -0.2) is 0 Å². The Kier molecular flexibility index (Phi) is 8.08. The third-order valence-corrected chi connectivity index (χ3v) is 0.422.